The molecule has 9 heteroatoms. The second-order valence-corrected chi connectivity index (χ2v) is 7.68. The maximum absolute atomic E-state index is 15.0. The highest BCUT2D eigenvalue weighted by Gasteiger charge is 2.33. The number of benzene rings is 1. The second-order valence-electron chi connectivity index (χ2n) is 7.68. The second kappa shape index (κ2) is 7.98. The number of hydrogen-bond donors (Lipinski definition) is 1. The van der Waals surface area contributed by atoms with Gasteiger partial charge in [-0.05, 0) is 49.1 Å². The van der Waals surface area contributed by atoms with Crippen molar-refractivity contribution in [2.45, 2.75) is 13.3 Å². The summed E-state index contributed by atoms with van der Waals surface area (Å²) in [6.07, 6.45) is 1.90. The summed E-state index contributed by atoms with van der Waals surface area (Å²) < 4.78 is 36.5. The van der Waals surface area contributed by atoms with Crippen molar-refractivity contribution in [1.29, 1.82) is 0 Å². The van der Waals surface area contributed by atoms with Crippen LogP contribution in [-0.2, 0) is 11.2 Å². The van der Waals surface area contributed by atoms with E-state index < -0.39 is 23.6 Å². The smallest absolute Gasteiger partial charge is 0.409 e. The Hall–Kier alpha value is -3.49. The van der Waals surface area contributed by atoms with Crippen LogP contribution in [-0.4, -0.2) is 53.5 Å². The predicted molar refractivity (Wildman–Crippen MR) is 110 cm³/mol. The molecule has 0 spiro atoms. The van der Waals surface area contributed by atoms with Crippen LogP contribution < -0.4 is 5.32 Å². The predicted octanol–water partition coefficient (Wildman–Crippen LogP) is 3.19. The molecule has 0 saturated carbocycles. The van der Waals surface area contributed by atoms with Crippen LogP contribution in [0.25, 0.3) is 16.9 Å². The number of methoxy groups -OCH3 is 1. The zero-order chi connectivity index (χ0) is 22.3. The lowest BCUT2D eigenvalue weighted by molar-refractivity contribution is 0.0674. The zero-order valence-electron chi connectivity index (χ0n) is 17.4. The molecular weight excluding hydrogens is 406 g/mol. The van der Waals surface area contributed by atoms with E-state index in [0.717, 1.165) is 17.7 Å². The van der Waals surface area contributed by atoms with Gasteiger partial charge in [0.25, 0.3) is 5.91 Å². The van der Waals surface area contributed by atoms with Crippen molar-refractivity contribution in [3.63, 3.8) is 0 Å². The average Bonchev–Trinajstić information content (AvgIpc) is 3.05. The molecule has 162 valence electrons. The number of halogens is 2. The molecule has 0 bridgehead atoms. The van der Waals surface area contributed by atoms with Gasteiger partial charge in [0.15, 0.2) is 0 Å². The van der Waals surface area contributed by atoms with E-state index >= 15 is 0 Å². The van der Waals surface area contributed by atoms with Crippen molar-refractivity contribution in [2.24, 2.45) is 5.92 Å². The summed E-state index contributed by atoms with van der Waals surface area (Å²) in [5.41, 5.74) is 2.01. The lowest BCUT2D eigenvalue weighted by Gasteiger charge is -2.38. The molecule has 3 heterocycles. The SMILES string of the molecule is CNC(=O)c1cc(F)c(-c2nc3cc(C)ccn3c2CC2CN(C(=O)OC)C2)c(F)c1. The van der Waals surface area contributed by atoms with Crippen molar-refractivity contribution in [3.8, 4) is 11.3 Å². The van der Waals surface area contributed by atoms with E-state index in [9.17, 15) is 18.4 Å². The molecule has 0 atom stereocenters. The van der Waals surface area contributed by atoms with Gasteiger partial charge in [-0.25, -0.2) is 18.6 Å². The number of imidazole rings is 1. The normalized spacial score (nSPS) is 13.9. The fraction of sp³-hybridized carbons (Fsp3) is 0.318. The number of aromatic nitrogens is 2. The third kappa shape index (κ3) is 3.71. The number of fused-ring (bicyclic) bond motifs is 1. The minimum absolute atomic E-state index is 0.102. The molecule has 0 unspecified atom stereocenters. The average molecular weight is 428 g/mol. The van der Waals surface area contributed by atoms with Gasteiger partial charge in [-0.15, -0.1) is 0 Å². The topological polar surface area (TPSA) is 75.9 Å². The van der Waals surface area contributed by atoms with Crippen LogP contribution in [0.5, 0.6) is 0 Å². The summed E-state index contributed by atoms with van der Waals surface area (Å²) in [5, 5.41) is 2.36. The summed E-state index contributed by atoms with van der Waals surface area (Å²) in [7, 11) is 2.72. The van der Waals surface area contributed by atoms with Gasteiger partial charge in [-0.3, -0.25) is 4.79 Å². The molecule has 2 aromatic heterocycles. The largest absolute Gasteiger partial charge is 0.453 e. The van der Waals surface area contributed by atoms with E-state index in [2.05, 4.69) is 10.3 Å². The molecule has 3 aromatic rings. The summed E-state index contributed by atoms with van der Waals surface area (Å²) in [5.74, 6) is -2.18. The van der Waals surface area contributed by atoms with Crippen LogP contribution in [0.15, 0.2) is 30.5 Å². The monoisotopic (exact) mass is 428 g/mol. The van der Waals surface area contributed by atoms with E-state index in [1.807, 2.05) is 29.7 Å². The molecule has 1 aliphatic rings. The van der Waals surface area contributed by atoms with E-state index in [4.69, 9.17) is 4.74 Å². The first-order valence-electron chi connectivity index (χ1n) is 9.84. The van der Waals surface area contributed by atoms with E-state index in [0.29, 0.717) is 30.9 Å². The molecule has 2 amide bonds. The van der Waals surface area contributed by atoms with E-state index in [-0.39, 0.29) is 22.7 Å². The Labute approximate surface area is 177 Å². The van der Waals surface area contributed by atoms with Gasteiger partial charge in [-0.2, -0.15) is 0 Å². The molecular formula is C22H22F2N4O3. The Morgan fingerprint density at radius 1 is 1.23 bits per heavy atom. The van der Waals surface area contributed by atoms with Crippen molar-refractivity contribution >= 4 is 17.6 Å². The summed E-state index contributed by atoms with van der Waals surface area (Å²) in [6.45, 7) is 2.89. The number of rotatable bonds is 4. The summed E-state index contributed by atoms with van der Waals surface area (Å²) in [4.78, 5) is 29.5. The number of ether oxygens (including phenoxy) is 1. The Morgan fingerprint density at radius 2 is 1.90 bits per heavy atom. The number of carbonyl (C=O) groups excluding carboxylic acids is 2. The Kier molecular flexibility index (Phi) is 5.34. The number of likely N-dealkylation sites (tertiary alicyclic amines) is 1. The van der Waals surface area contributed by atoms with Crippen molar-refractivity contribution in [1.82, 2.24) is 19.6 Å². The third-order valence-electron chi connectivity index (χ3n) is 5.52. The number of amides is 2. The Bertz CT molecular complexity index is 1160. The lowest BCUT2D eigenvalue weighted by atomic mass is 9.93. The van der Waals surface area contributed by atoms with Gasteiger partial charge in [0.2, 0.25) is 0 Å². The van der Waals surface area contributed by atoms with Gasteiger partial charge >= 0.3 is 6.09 Å². The van der Waals surface area contributed by atoms with Crippen LogP contribution in [0.1, 0.15) is 21.6 Å². The van der Waals surface area contributed by atoms with Gasteiger partial charge < -0.3 is 19.4 Å². The molecule has 1 aromatic carbocycles. The quantitative estimate of drug-likeness (QED) is 0.693. The molecule has 1 fully saturated rings. The van der Waals surface area contributed by atoms with Gasteiger partial charge in [-0.1, -0.05) is 0 Å². The molecule has 1 aliphatic heterocycles. The first kappa shape index (κ1) is 20.8. The minimum atomic E-state index is -0.857. The maximum atomic E-state index is 15.0. The molecule has 0 radical (unpaired) electrons. The van der Waals surface area contributed by atoms with Crippen molar-refractivity contribution in [3.05, 3.63) is 58.9 Å². The highest BCUT2D eigenvalue weighted by atomic mass is 19.1. The van der Waals surface area contributed by atoms with Gasteiger partial charge in [0, 0.05) is 31.9 Å². The van der Waals surface area contributed by atoms with E-state index in [1.54, 1.807) is 4.90 Å². The Balaban J connectivity index is 1.77. The molecule has 4 rings (SSSR count). The third-order valence-corrected chi connectivity index (χ3v) is 5.52. The molecule has 7 nitrogen and oxygen atoms in total. The van der Waals surface area contributed by atoms with Gasteiger partial charge in [0.1, 0.15) is 17.3 Å². The first-order valence-corrected chi connectivity index (χ1v) is 9.84. The number of hydrogen-bond acceptors (Lipinski definition) is 4. The first-order chi connectivity index (χ1) is 14.8. The van der Waals surface area contributed by atoms with Crippen LogP contribution in [0.2, 0.25) is 0 Å². The number of nitrogens with zero attached hydrogens (tertiary/aromatic N) is 3. The fourth-order valence-corrected chi connectivity index (χ4v) is 3.92. The highest BCUT2D eigenvalue weighted by Crippen LogP contribution is 2.33. The standard InChI is InChI=1S/C22H22F2N4O3/c1-12-4-5-28-17(7-13-10-27(11-13)22(30)31-3)20(26-18(28)6-12)19-15(23)8-14(9-16(19)24)21(29)25-2/h4-6,8-9,13H,7,10-11H2,1-3H3,(H,25,29). The number of aryl methyl sites for hydroxylation is 1. The number of carbonyl (C=O) groups is 2. The minimum Gasteiger partial charge on any atom is -0.453 e. The molecule has 0 aliphatic carbocycles. The summed E-state index contributed by atoms with van der Waals surface area (Å²) in [6, 6.07) is 5.76. The van der Waals surface area contributed by atoms with Crippen molar-refractivity contribution in [2.75, 3.05) is 27.2 Å². The van der Waals surface area contributed by atoms with Crippen LogP contribution in [0, 0.1) is 24.5 Å². The van der Waals surface area contributed by atoms with E-state index in [1.165, 1.54) is 14.2 Å². The van der Waals surface area contributed by atoms with Crippen molar-refractivity contribution < 1.29 is 23.1 Å². The number of nitrogens with one attached hydrogen (secondary N) is 1. The fourth-order valence-electron chi connectivity index (χ4n) is 3.92. The number of pyridine rings is 1. The Morgan fingerprint density at radius 3 is 2.52 bits per heavy atom. The highest BCUT2D eigenvalue weighted by molar-refractivity contribution is 5.94. The summed E-state index contributed by atoms with van der Waals surface area (Å²) >= 11 is 0. The van der Waals surface area contributed by atoms with Crippen LogP contribution >= 0.6 is 0 Å². The van der Waals surface area contributed by atoms with Gasteiger partial charge in [0.05, 0.1) is 24.1 Å². The molecule has 1 saturated heterocycles. The van der Waals surface area contributed by atoms with Crippen LogP contribution in [0.3, 0.4) is 0 Å². The zero-order valence-corrected chi connectivity index (χ0v) is 17.4. The molecule has 1 N–H and O–H groups in total. The van der Waals surface area contributed by atoms with Crippen LogP contribution in [0.4, 0.5) is 13.6 Å². The maximum Gasteiger partial charge on any atom is 0.409 e. The lowest BCUT2D eigenvalue weighted by Crippen LogP contribution is -2.50. The molecule has 31 heavy (non-hydrogen) atoms.